The number of benzene rings is 1. The molecule has 2 aromatic rings. The summed E-state index contributed by atoms with van der Waals surface area (Å²) in [5.41, 5.74) is 1.51. The van der Waals surface area contributed by atoms with Gasteiger partial charge in [-0.3, -0.25) is 14.8 Å². The second kappa shape index (κ2) is 5.32. The average molecular weight is 259 g/mol. The lowest BCUT2D eigenvalue weighted by Gasteiger charge is -2.19. The number of nitrogens with one attached hydrogen (secondary N) is 1. The number of ether oxygens (including phenoxy) is 1. The van der Waals surface area contributed by atoms with Gasteiger partial charge in [0.25, 0.3) is 5.91 Å². The molecule has 1 aromatic heterocycles. The van der Waals surface area contributed by atoms with Crippen molar-refractivity contribution in [3.63, 3.8) is 0 Å². The molecule has 0 spiro atoms. The molecule has 1 amide bonds. The van der Waals surface area contributed by atoms with Crippen LogP contribution >= 0.6 is 0 Å². The minimum Gasteiger partial charge on any atom is -0.356 e. The molecule has 19 heavy (non-hydrogen) atoms. The van der Waals surface area contributed by atoms with E-state index in [9.17, 15) is 4.79 Å². The molecular weight excluding hydrogens is 242 g/mol. The van der Waals surface area contributed by atoms with Gasteiger partial charge in [-0.15, -0.1) is 0 Å². The summed E-state index contributed by atoms with van der Waals surface area (Å²) >= 11 is 0. The van der Waals surface area contributed by atoms with E-state index in [2.05, 4.69) is 15.3 Å². The third-order valence-electron chi connectivity index (χ3n) is 2.48. The van der Waals surface area contributed by atoms with Crippen molar-refractivity contribution in [2.45, 2.75) is 26.4 Å². The third-order valence-corrected chi connectivity index (χ3v) is 2.48. The number of carbonyl (C=O) groups excluding carboxylic acids is 1. The zero-order valence-corrected chi connectivity index (χ0v) is 11.3. The van der Waals surface area contributed by atoms with E-state index >= 15 is 0 Å². The molecule has 100 valence electrons. The summed E-state index contributed by atoms with van der Waals surface area (Å²) in [7, 11) is 0. The highest BCUT2D eigenvalue weighted by Gasteiger charge is 2.13. The van der Waals surface area contributed by atoms with Crippen molar-refractivity contribution in [2.75, 3.05) is 6.73 Å². The van der Waals surface area contributed by atoms with Crippen LogP contribution in [0.25, 0.3) is 11.0 Å². The molecule has 0 bridgehead atoms. The van der Waals surface area contributed by atoms with Crippen LogP contribution in [0.1, 0.15) is 31.1 Å². The van der Waals surface area contributed by atoms with E-state index in [1.807, 2.05) is 26.8 Å². The number of hydrogen-bond acceptors (Lipinski definition) is 4. The first-order valence-corrected chi connectivity index (χ1v) is 6.09. The molecule has 0 saturated heterocycles. The van der Waals surface area contributed by atoms with Gasteiger partial charge in [0, 0.05) is 12.4 Å². The second-order valence-electron chi connectivity index (χ2n) is 5.14. The number of fused-ring (bicyclic) bond motifs is 1. The lowest BCUT2D eigenvalue weighted by Crippen LogP contribution is -2.31. The Balaban J connectivity index is 2.14. The van der Waals surface area contributed by atoms with Gasteiger partial charge in [0.05, 0.1) is 16.7 Å². The fourth-order valence-corrected chi connectivity index (χ4v) is 1.59. The molecule has 0 aliphatic carbocycles. The quantitative estimate of drug-likeness (QED) is 0.858. The first-order valence-electron chi connectivity index (χ1n) is 6.09. The first-order chi connectivity index (χ1) is 8.97. The van der Waals surface area contributed by atoms with Crippen LogP contribution in [0.5, 0.6) is 0 Å². The lowest BCUT2D eigenvalue weighted by molar-refractivity contribution is -0.0111. The number of aromatic nitrogens is 2. The number of hydrogen-bond donors (Lipinski definition) is 1. The van der Waals surface area contributed by atoms with Crippen molar-refractivity contribution >= 4 is 16.9 Å². The van der Waals surface area contributed by atoms with Crippen molar-refractivity contribution in [1.29, 1.82) is 0 Å². The van der Waals surface area contributed by atoms with Gasteiger partial charge in [0.2, 0.25) is 0 Å². The molecular formula is C14H17N3O2. The van der Waals surface area contributed by atoms with Crippen LogP contribution in [0.2, 0.25) is 0 Å². The number of rotatable bonds is 3. The van der Waals surface area contributed by atoms with Gasteiger partial charge in [-0.05, 0) is 32.9 Å². The zero-order valence-electron chi connectivity index (χ0n) is 11.3. The zero-order chi connectivity index (χ0) is 13.9. The molecule has 0 atom stereocenters. The van der Waals surface area contributed by atoms with Crippen LogP contribution in [0.4, 0.5) is 0 Å². The first kappa shape index (κ1) is 13.4. The van der Waals surface area contributed by atoms with Crippen molar-refractivity contribution in [3.05, 3.63) is 36.2 Å². The van der Waals surface area contributed by atoms with E-state index in [0.29, 0.717) is 16.6 Å². The molecule has 0 radical (unpaired) electrons. The average Bonchev–Trinajstić information content (AvgIpc) is 2.36. The van der Waals surface area contributed by atoms with Crippen LogP contribution in [0, 0.1) is 0 Å². The van der Waals surface area contributed by atoms with E-state index in [0.717, 1.165) is 0 Å². The maximum absolute atomic E-state index is 12.1. The second-order valence-corrected chi connectivity index (χ2v) is 5.14. The Labute approximate surface area is 112 Å². The Hall–Kier alpha value is -2.01. The number of para-hydroxylation sites is 1. The Kier molecular flexibility index (Phi) is 3.76. The fraction of sp³-hybridized carbons (Fsp3) is 0.357. The highest BCUT2D eigenvalue weighted by molar-refractivity contribution is 6.04. The Morgan fingerprint density at radius 2 is 2.00 bits per heavy atom. The number of amides is 1. The van der Waals surface area contributed by atoms with Gasteiger partial charge in [-0.25, -0.2) is 0 Å². The van der Waals surface area contributed by atoms with Crippen molar-refractivity contribution in [2.24, 2.45) is 0 Å². The van der Waals surface area contributed by atoms with Crippen LogP contribution in [-0.4, -0.2) is 28.2 Å². The summed E-state index contributed by atoms with van der Waals surface area (Å²) in [6.45, 7) is 5.96. The lowest BCUT2D eigenvalue weighted by atomic mass is 10.1. The minimum atomic E-state index is -0.286. The number of nitrogens with zero attached hydrogens (tertiary/aromatic N) is 2. The van der Waals surface area contributed by atoms with Crippen LogP contribution in [0.3, 0.4) is 0 Å². The topological polar surface area (TPSA) is 64.1 Å². The monoisotopic (exact) mass is 259 g/mol. The van der Waals surface area contributed by atoms with E-state index in [1.165, 1.54) is 0 Å². The smallest absolute Gasteiger partial charge is 0.255 e. The molecule has 5 heteroatoms. The highest BCUT2D eigenvalue weighted by Crippen LogP contribution is 2.13. The fourth-order valence-electron chi connectivity index (χ4n) is 1.59. The van der Waals surface area contributed by atoms with Gasteiger partial charge >= 0.3 is 0 Å². The van der Waals surface area contributed by atoms with Crippen LogP contribution < -0.4 is 5.32 Å². The van der Waals surface area contributed by atoms with Crippen molar-refractivity contribution in [3.8, 4) is 0 Å². The van der Waals surface area contributed by atoms with E-state index in [4.69, 9.17) is 4.74 Å². The highest BCUT2D eigenvalue weighted by atomic mass is 16.5. The Morgan fingerprint density at radius 3 is 2.74 bits per heavy atom. The SMILES string of the molecule is CC(C)(C)OCNC(=O)c1cccc2nccnc12. The summed E-state index contributed by atoms with van der Waals surface area (Å²) in [5, 5.41) is 2.72. The largest absolute Gasteiger partial charge is 0.356 e. The molecule has 1 N–H and O–H groups in total. The standard InChI is InChI=1S/C14H17N3O2/c1-14(2,3)19-9-17-13(18)10-5-4-6-11-12(10)16-8-7-15-11/h4-8H,9H2,1-3H3,(H,17,18). The Bertz CT molecular complexity index is 585. The predicted molar refractivity (Wildman–Crippen MR) is 72.7 cm³/mol. The molecule has 5 nitrogen and oxygen atoms in total. The van der Waals surface area contributed by atoms with Gasteiger partial charge in [0.15, 0.2) is 0 Å². The summed E-state index contributed by atoms with van der Waals surface area (Å²) < 4.78 is 5.47. The summed E-state index contributed by atoms with van der Waals surface area (Å²) in [5.74, 6) is -0.213. The van der Waals surface area contributed by atoms with Gasteiger partial charge in [-0.2, -0.15) is 0 Å². The van der Waals surface area contributed by atoms with E-state index in [1.54, 1.807) is 24.5 Å². The van der Waals surface area contributed by atoms with E-state index in [-0.39, 0.29) is 18.2 Å². The maximum atomic E-state index is 12.1. The summed E-state index contributed by atoms with van der Waals surface area (Å²) in [4.78, 5) is 20.5. The molecule has 1 heterocycles. The summed E-state index contributed by atoms with van der Waals surface area (Å²) in [6, 6.07) is 5.34. The van der Waals surface area contributed by atoms with Gasteiger partial charge in [0.1, 0.15) is 12.2 Å². The molecule has 2 rings (SSSR count). The third kappa shape index (κ3) is 3.48. The van der Waals surface area contributed by atoms with Crippen molar-refractivity contribution < 1.29 is 9.53 Å². The molecule has 0 fully saturated rings. The molecule has 0 aliphatic heterocycles. The molecule has 1 aromatic carbocycles. The number of carbonyl (C=O) groups is 1. The van der Waals surface area contributed by atoms with Crippen molar-refractivity contribution in [1.82, 2.24) is 15.3 Å². The van der Waals surface area contributed by atoms with E-state index < -0.39 is 0 Å². The van der Waals surface area contributed by atoms with Gasteiger partial charge < -0.3 is 10.1 Å². The minimum absolute atomic E-state index is 0.166. The molecule has 0 aliphatic rings. The molecule has 0 unspecified atom stereocenters. The normalized spacial score (nSPS) is 11.5. The molecule has 0 saturated carbocycles. The van der Waals surface area contributed by atoms with Gasteiger partial charge in [-0.1, -0.05) is 6.07 Å². The Morgan fingerprint density at radius 1 is 1.26 bits per heavy atom. The van der Waals surface area contributed by atoms with Crippen LogP contribution in [0.15, 0.2) is 30.6 Å². The summed E-state index contributed by atoms with van der Waals surface area (Å²) in [6.07, 6.45) is 3.18. The van der Waals surface area contributed by atoms with Crippen LogP contribution in [-0.2, 0) is 4.74 Å². The predicted octanol–water partition coefficient (Wildman–Crippen LogP) is 2.13. The maximum Gasteiger partial charge on any atom is 0.255 e.